The van der Waals surface area contributed by atoms with E-state index < -0.39 is 15.8 Å². The Hall–Kier alpha value is -2.02. The van der Waals surface area contributed by atoms with Gasteiger partial charge in [0, 0.05) is 11.4 Å². The molecule has 0 saturated carbocycles. The lowest BCUT2D eigenvalue weighted by molar-refractivity contribution is 0.599. The van der Waals surface area contributed by atoms with Gasteiger partial charge >= 0.3 is 0 Å². The van der Waals surface area contributed by atoms with Gasteiger partial charge in [0.1, 0.15) is 5.82 Å². The van der Waals surface area contributed by atoms with Crippen LogP contribution in [0, 0.1) is 19.7 Å². The van der Waals surface area contributed by atoms with Crippen molar-refractivity contribution in [1.29, 1.82) is 0 Å². The number of aromatic nitrogens is 2. The monoisotopic (exact) mass is 295 g/mol. The first kappa shape index (κ1) is 14.4. The van der Waals surface area contributed by atoms with Crippen molar-refractivity contribution in [3.8, 4) is 0 Å². The van der Waals surface area contributed by atoms with Crippen molar-refractivity contribution in [2.75, 3.05) is 4.72 Å². The Morgan fingerprint density at radius 3 is 2.40 bits per heavy atom. The molecule has 5 nitrogen and oxygen atoms in total. The molecule has 106 valence electrons. The molecule has 0 aliphatic carbocycles. The van der Waals surface area contributed by atoms with Crippen LogP contribution in [0.3, 0.4) is 0 Å². The van der Waals surface area contributed by atoms with Crippen LogP contribution in [0.25, 0.3) is 0 Å². The predicted molar refractivity (Wildman–Crippen MR) is 74.2 cm³/mol. The van der Waals surface area contributed by atoms with E-state index in [1.807, 2.05) is 0 Å². The second-order valence-electron chi connectivity index (χ2n) is 4.47. The Bertz CT molecular complexity index is 712. The maximum Gasteiger partial charge on any atom is 0.239 e. The van der Waals surface area contributed by atoms with Crippen molar-refractivity contribution in [3.05, 3.63) is 53.1 Å². The number of benzene rings is 1. The average Bonchev–Trinajstić information content (AvgIpc) is 2.25. The summed E-state index contributed by atoms with van der Waals surface area (Å²) in [7, 11) is -3.68. The highest BCUT2D eigenvalue weighted by Gasteiger charge is 2.14. The van der Waals surface area contributed by atoms with Crippen LogP contribution in [0.5, 0.6) is 0 Å². The molecule has 0 bridgehead atoms. The average molecular weight is 295 g/mol. The van der Waals surface area contributed by atoms with Crippen LogP contribution in [-0.2, 0) is 15.8 Å². The topological polar surface area (TPSA) is 72.0 Å². The van der Waals surface area contributed by atoms with Crippen molar-refractivity contribution >= 4 is 16.0 Å². The van der Waals surface area contributed by atoms with E-state index in [2.05, 4.69) is 14.7 Å². The lowest BCUT2D eigenvalue weighted by Crippen LogP contribution is -2.17. The van der Waals surface area contributed by atoms with Crippen LogP contribution >= 0.6 is 0 Å². The zero-order valence-electron chi connectivity index (χ0n) is 11.1. The van der Waals surface area contributed by atoms with Crippen molar-refractivity contribution < 1.29 is 12.8 Å². The van der Waals surface area contributed by atoms with E-state index in [9.17, 15) is 12.8 Å². The number of hydrogen-bond donors (Lipinski definition) is 1. The normalized spacial score (nSPS) is 11.3. The fourth-order valence-corrected chi connectivity index (χ4v) is 2.85. The number of aryl methyl sites for hydroxylation is 2. The molecule has 1 aromatic heterocycles. The van der Waals surface area contributed by atoms with Crippen LogP contribution in [0.1, 0.15) is 17.0 Å². The van der Waals surface area contributed by atoms with Gasteiger partial charge in [-0.2, -0.15) is 0 Å². The fraction of sp³-hybridized carbons (Fsp3) is 0.231. The summed E-state index contributed by atoms with van der Waals surface area (Å²) in [6.45, 7) is 3.50. The molecule has 0 aliphatic rings. The highest BCUT2D eigenvalue weighted by atomic mass is 32.2. The van der Waals surface area contributed by atoms with Gasteiger partial charge in [0.25, 0.3) is 0 Å². The first-order valence-electron chi connectivity index (χ1n) is 5.91. The molecule has 0 aliphatic heterocycles. The summed E-state index contributed by atoms with van der Waals surface area (Å²) in [5.41, 5.74) is 1.70. The van der Waals surface area contributed by atoms with Crippen LogP contribution in [0.15, 0.2) is 30.3 Å². The fourth-order valence-electron chi connectivity index (χ4n) is 1.79. The number of anilines is 1. The van der Waals surface area contributed by atoms with E-state index in [1.165, 1.54) is 18.2 Å². The smallest absolute Gasteiger partial charge is 0.239 e. The highest BCUT2D eigenvalue weighted by molar-refractivity contribution is 7.91. The molecule has 0 radical (unpaired) electrons. The minimum Gasteiger partial charge on any atom is -0.251 e. The second kappa shape index (κ2) is 5.54. The molecule has 1 aromatic carbocycles. The molecule has 0 atom stereocenters. The van der Waals surface area contributed by atoms with Gasteiger partial charge in [-0.05, 0) is 37.6 Å². The molecule has 0 saturated heterocycles. The summed E-state index contributed by atoms with van der Waals surface area (Å²) in [5, 5.41) is 0. The van der Waals surface area contributed by atoms with E-state index in [4.69, 9.17) is 0 Å². The van der Waals surface area contributed by atoms with E-state index in [0.717, 1.165) is 0 Å². The summed E-state index contributed by atoms with van der Waals surface area (Å²) in [5.74, 6) is -0.777. The number of sulfonamides is 1. The number of rotatable bonds is 4. The number of hydrogen-bond acceptors (Lipinski definition) is 4. The van der Waals surface area contributed by atoms with Gasteiger partial charge < -0.3 is 0 Å². The third kappa shape index (κ3) is 3.99. The quantitative estimate of drug-likeness (QED) is 0.938. The first-order valence-corrected chi connectivity index (χ1v) is 7.56. The molecule has 2 rings (SSSR count). The van der Waals surface area contributed by atoms with Crippen LogP contribution in [-0.4, -0.2) is 18.4 Å². The molecule has 7 heteroatoms. The van der Waals surface area contributed by atoms with Gasteiger partial charge in [0.15, 0.2) is 0 Å². The third-order valence-electron chi connectivity index (χ3n) is 2.47. The maximum atomic E-state index is 13.0. The highest BCUT2D eigenvalue weighted by Crippen LogP contribution is 2.11. The van der Waals surface area contributed by atoms with Gasteiger partial charge in [0.05, 0.1) is 5.75 Å². The molecule has 1 heterocycles. The third-order valence-corrected chi connectivity index (χ3v) is 3.68. The Morgan fingerprint density at radius 2 is 1.80 bits per heavy atom. The summed E-state index contributed by atoms with van der Waals surface area (Å²) in [6, 6.07) is 7.20. The first-order chi connectivity index (χ1) is 9.34. The Labute approximate surface area is 116 Å². The molecule has 1 N–H and O–H groups in total. The lowest BCUT2D eigenvalue weighted by Gasteiger charge is -2.08. The molecular weight excluding hydrogens is 281 g/mol. The van der Waals surface area contributed by atoms with Gasteiger partial charge in [-0.1, -0.05) is 12.1 Å². The minimum absolute atomic E-state index is 0.0268. The van der Waals surface area contributed by atoms with Gasteiger partial charge in [-0.15, -0.1) is 0 Å². The largest absolute Gasteiger partial charge is 0.251 e. The van der Waals surface area contributed by atoms with Crippen molar-refractivity contribution in [2.24, 2.45) is 0 Å². The Kier molecular flexibility index (Phi) is 3.99. The molecule has 2 aromatic rings. The van der Waals surface area contributed by atoms with Crippen molar-refractivity contribution in [2.45, 2.75) is 19.6 Å². The van der Waals surface area contributed by atoms with E-state index in [0.29, 0.717) is 17.0 Å². The molecule has 0 spiro atoms. The minimum atomic E-state index is -3.68. The molecule has 0 amide bonds. The Balaban J connectivity index is 2.19. The van der Waals surface area contributed by atoms with Crippen LogP contribution < -0.4 is 4.72 Å². The summed E-state index contributed by atoms with van der Waals surface area (Å²) < 4.78 is 39.3. The molecule has 0 unspecified atom stereocenters. The zero-order chi connectivity index (χ0) is 14.8. The summed E-state index contributed by atoms with van der Waals surface area (Å²) >= 11 is 0. The van der Waals surface area contributed by atoms with Gasteiger partial charge in [-0.25, -0.2) is 22.8 Å². The SMILES string of the molecule is Cc1cc(C)nc(NS(=O)(=O)Cc2cccc(F)c2)n1. The molecule has 0 fully saturated rings. The molecule has 20 heavy (non-hydrogen) atoms. The maximum absolute atomic E-state index is 13.0. The molecular formula is C13H14FN3O2S. The van der Waals surface area contributed by atoms with Crippen LogP contribution in [0.4, 0.5) is 10.3 Å². The van der Waals surface area contributed by atoms with E-state index >= 15 is 0 Å². The Morgan fingerprint density at radius 1 is 1.15 bits per heavy atom. The number of halogens is 1. The number of nitrogens with zero attached hydrogens (tertiary/aromatic N) is 2. The van der Waals surface area contributed by atoms with E-state index in [-0.39, 0.29) is 11.7 Å². The standard InChI is InChI=1S/C13H14FN3O2S/c1-9-6-10(2)16-13(15-9)17-20(18,19)8-11-4-3-5-12(14)7-11/h3-7H,8H2,1-2H3,(H,15,16,17). The van der Waals surface area contributed by atoms with Gasteiger partial charge in [-0.3, -0.25) is 4.72 Å². The summed E-state index contributed by atoms with van der Waals surface area (Å²) in [6.07, 6.45) is 0. The zero-order valence-corrected chi connectivity index (χ0v) is 11.9. The summed E-state index contributed by atoms with van der Waals surface area (Å²) in [4.78, 5) is 8.01. The second-order valence-corrected chi connectivity index (χ2v) is 6.19. The van der Waals surface area contributed by atoms with Gasteiger partial charge in [0.2, 0.25) is 16.0 Å². The predicted octanol–water partition coefficient (Wildman–Crippen LogP) is 2.17. The van der Waals surface area contributed by atoms with Crippen molar-refractivity contribution in [1.82, 2.24) is 9.97 Å². The lowest BCUT2D eigenvalue weighted by atomic mass is 10.2. The van der Waals surface area contributed by atoms with E-state index in [1.54, 1.807) is 26.0 Å². The number of nitrogens with one attached hydrogen (secondary N) is 1. The van der Waals surface area contributed by atoms with Crippen molar-refractivity contribution in [3.63, 3.8) is 0 Å². The van der Waals surface area contributed by atoms with Crippen LogP contribution in [0.2, 0.25) is 0 Å².